The van der Waals surface area contributed by atoms with Gasteiger partial charge in [-0.1, -0.05) is 0 Å². The summed E-state index contributed by atoms with van der Waals surface area (Å²) in [6, 6.07) is 0. The third-order valence-corrected chi connectivity index (χ3v) is 2.85. The first-order valence-corrected chi connectivity index (χ1v) is 5.49. The number of aliphatic hydroxyl groups is 1. The molecule has 0 radical (unpaired) electrons. The number of nitrogens with two attached hydrogens (primary N) is 1. The van der Waals surface area contributed by atoms with Gasteiger partial charge < -0.3 is 16.2 Å². The lowest BCUT2D eigenvalue weighted by Crippen LogP contribution is -2.34. The van der Waals surface area contributed by atoms with Crippen molar-refractivity contribution in [2.24, 2.45) is 5.73 Å². The summed E-state index contributed by atoms with van der Waals surface area (Å²) in [6.45, 7) is 0.0780. The Morgan fingerprint density at radius 1 is 1.73 bits per heavy atom. The standard InChI is InChI=1S/C8H12N4O2S/c9-6(14)5(13)3-10-8-11-7(12-15-8)4-1-2-4/h4-5,13H,1-3H2,(H2,9,14)(H,10,11,12). The van der Waals surface area contributed by atoms with E-state index in [2.05, 4.69) is 14.7 Å². The summed E-state index contributed by atoms with van der Waals surface area (Å²) in [5.41, 5.74) is 4.90. The van der Waals surface area contributed by atoms with E-state index in [4.69, 9.17) is 10.8 Å². The lowest BCUT2D eigenvalue weighted by Gasteiger charge is -2.05. The van der Waals surface area contributed by atoms with Gasteiger partial charge in [-0.2, -0.15) is 4.37 Å². The Morgan fingerprint density at radius 2 is 2.47 bits per heavy atom. The normalized spacial score (nSPS) is 17.4. The van der Waals surface area contributed by atoms with Crippen LogP contribution in [-0.2, 0) is 4.79 Å². The number of carbonyl (C=O) groups excluding carboxylic acids is 1. The molecule has 15 heavy (non-hydrogen) atoms. The van der Waals surface area contributed by atoms with E-state index in [0.717, 1.165) is 18.7 Å². The molecule has 1 fully saturated rings. The van der Waals surface area contributed by atoms with Crippen molar-refractivity contribution in [3.05, 3.63) is 5.82 Å². The van der Waals surface area contributed by atoms with Crippen LogP contribution >= 0.6 is 11.5 Å². The Hall–Kier alpha value is -1.21. The Bertz CT molecular complexity index is 363. The van der Waals surface area contributed by atoms with Crippen LogP contribution in [0.4, 0.5) is 5.13 Å². The zero-order chi connectivity index (χ0) is 10.8. The molecule has 1 aliphatic rings. The van der Waals surface area contributed by atoms with Crippen molar-refractivity contribution in [2.45, 2.75) is 24.9 Å². The Labute approximate surface area is 90.7 Å². The SMILES string of the molecule is NC(=O)C(O)CNc1nc(C2CC2)ns1. The number of anilines is 1. The molecule has 82 valence electrons. The molecule has 0 aliphatic heterocycles. The Kier molecular flexibility index (Phi) is 2.83. The minimum atomic E-state index is -1.18. The summed E-state index contributed by atoms with van der Waals surface area (Å²) in [7, 11) is 0. The summed E-state index contributed by atoms with van der Waals surface area (Å²) in [5.74, 6) is 0.628. The molecule has 0 aromatic carbocycles. The molecule has 1 saturated carbocycles. The fourth-order valence-electron chi connectivity index (χ4n) is 1.10. The molecule has 7 heteroatoms. The van der Waals surface area contributed by atoms with Gasteiger partial charge in [0.1, 0.15) is 11.9 Å². The van der Waals surface area contributed by atoms with E-state index in [0.29, 0.717) is 11.0 Å². The quantitative estimate of drug-likeness (QED) is 0.640. The molecule has 2 rings (SSSR count). The van der Waals surface area contributed by atoms with Crippen LogP contribution < -0.4 is 11.1 Å². The zero-order valence-electron chi connectivity index (χ0n) is 8.01. The number of carbonyl (C=O) groups is 1. The van der Waals surface area contributed by atoms with Crippen LogP contribution in [0.5, 0.6) is 0 Å². The van der Waals surface area contributed by atoms with Gasteiger partial charge in [-0.3, -0.25) is 4.79 Å². The third-order valence-electron chi connectivity index (χ3n) is 2.16. The molecule has 1 aromatic rings. The van der Waals surface area contributed by atoms with E-state index in [-0.39, 0.29) is 6.54 Å². The highest BCUT2D eigenvalue weighted by atomic mass is 32.1. The first-order chi connectivity index (χ1) is 7.16. The third kappa shape index (κ3) is 2.63. The van der Waals surface area contributed by atoms with Crippen LogP contribution in [0.2, 0.25) is 0 Å². The monoisotopic (exact) mass is 228 g/mol. The fraction of sp³-hybridized carbons (Fsp3) is 0.625. The largest absolute Gasteiger partial charge is 0.381 e. The summed E-state index contributed by atoms with van der Waals surface area (Å²) < 4.78 is 4.17. The van der Waals surface area contributed by atoms with Crippen molar-refractivity contribution in [3.63, 3.8) is 0 Å². The maximum absolute atomic E-state index is 10.5. The lowest BCUT2D eigenvalue weighted by atomic mass is 10.3. The second-order valence-electron chi connectivity index (χ2n) is 3.53. The number of primary amides is 1. The summed E-state index contributed by atoms with van der Waals surface area (Å²) in [6.07, 6.45) is 1.12. The molecule has 4 N–H and O–H groups in total. The van der Waals surface area contributed by atoms with Gasteiger partial charge in [-0.05, 0) is 12.8 Å². The first kappa shape index (κ1) is 10.3. The average molecular weight is 228 g/mol. The second kappa shape index (κ2) is 4.11. The molecule has 0 bridgehead atoms. The number of rotatable bonds is 5. The maximum atomic E-state index is 10.5. The Morgan fingerprint density at radius 3 is 3.07 bits per heavy atom. The topological polar surface area (TPSA) is 101 Å². The predicted molar refractivity (Wildman–Crippen MR) is 55.6 cm³/mol. The molecule has 1 amide bonds. The minimum Gasteiger partial charge on any atom is -0.381 e. The molecule has 0 saturated heterocycles. The van der Waals surface area contributed by atoms with Crippen LogP contribution in [0.25, 0.3) is 0 Å². The number of nitrogens with one attached hydrogen (secondary N) is 1. The van der Waals surface area contributed by atoms with Crippen molar-refractivity contribution >= 4 is 22.6 Å². The van der Waals surface area contributed by atoms with Crippen molar-refractivity contribution in [2.75, 3.05) is 11.9 Å². The first-order valence-electron chi connectivity index (χ1n) is 4.71. The van der Waals surface area contributed by atoms with Crippen molar-refractivity contribution < 1.29 is 9.90 Å². The van der Waals surface area contributed by atoms with Gasteiger partial charge in [-0.15, -0.1) is 0 Å². The number of hydrogen-bond donors (Lipinski definition) is 3. The number of hydrogen-bond acceptors (Lipinski definition) is 6. The van der Waals surface area contributed by atoms with Gasteiger partial charge in [0, 0.05) is 17.5 Å². The summed E-state index contributed by atoms with van der Waals surface area (Å²) in [5, 5.41) is 12.6. The fourth-order valence-corrected chi connectivity index (χ4v) is 1.75. The molecular formula is C8H12N4O2S. The van der Waals surface area contributed by atoms with Crippen LogP contribution in [0, 0.1) is 0 Å². The molecule has 0 spiro atoms. The van der Waals surface area contributed by atoms with E-state index < -0.39 is 12.0 Å². The average Bonchev–Trinajstić information content (AvgIpc) is 2.95. The summed E-state index contributed by atoms with van der Waals surface area (Å²) in [4.78, 5) is 14.8. The zero-order valence-corrected chi connectivity index (χ0v) is 8.83. The van der Waals surface area contributed by atoms with Crippen molar-refractivity contribution in [3.8, 4) is 0 Å². The maximum Gasteiger partial charge on any atom is 0.248 e. The molecular weight excluding hydrogens is 216 g/mol. The van der Waals surface area contributed by atoms with Gasteiger partial charge in [0.2, 0.25) is 11.0 Å². The Balaban J connectivity index is 1.85. The molecule has 6 nitrogen and oxygen atoms in total. The van der Waals surface area contributed by atoms with Crippen molar-refractivity contribution in [1.82, 2.24) is 9.36 Å². The van der Waals surface area contributed by atoms with Gasteiger partial charge in [0.05, 0.1) is 6.54 Å². The number of aliphatic hydroxyl groups excluding tert-OH is 1. The van der Waals surface area contributed by atoms with Crippen LogP contribution in [0.1, 0.15) is 24.6 Å². The molecule has 1 atom stereocenters. The highest BCUT2D eigenvalue weighted by molar-refractivity contribution is 7.09. The van der Waals surface area contributed by atoms with Crippen molar-refractivity contribution in [1.29, 1.82) is 0 Å². The van der Waals surface area contributed by atoms with Crippen LogP contribution in [-0.4, -0.2) is 33.0 Å². The lowest BCUT2D eigenvalue weighted by molar-refractivity contribution is -0.125. The van der Waals surface area contributed by atoms with E-state index in [9.17, 15) is 4.79 Å². The number of nitrogens with zero attached hydrogens (tertiary/aromatic N) is 2. The summed E-state index contributed by atoms with van der Waals surface area (Å²) >= 11 is 1.24. The van der Waals surface area contributed by atoms with Gasteiger partial charge in [-0.25, -0.2) is 4.98 Å². The van der Waals surface area contributed by atoms with Crippen LogP contribution in [0.3, 0.4) is 0 Å². The van der Waals surface area contributed by atoms with Crippen LogP contribution in [0.15, 0.2) is 0 Å². The highest BCUT2D eigenvalue weighted by Gasteiger charge is 2.27. The van der Waals surface area contributed by atoms with Gasteiger partial charge in [0.15, 0.2) is 0 Å². The minimum absolute atomic E-state index is 0.0780. The molecule has 1 aliphatic carbocycles. The van der Waals surface area contributed by atoms with E-state index >= 15 is 0 Å². The smallest absolute Gasteiger partial charge is 0.248 e. The van der Waals surface area contributed by atoms with E-state index in [1.807, 2.05) is 0 Å². The molecule has 1 unspecified atom stereocenters. The second-order valence-corrected chi connectivity index (χ2v) is 4.28. The van der Waals surface area contributed by atoms with E-state index in [1.54, 1.807) is 0 Å². The number of aromatic nitrogens is 2. The highest BCUT2D eigenvalue weighted by Crippen LogP contribution is 2.39. The molecule has 1 aromatic heterocycles. The predicted octanol–water partition coefficient (Wildman–Crippen LogP) is -0.326. The van der Waals surface area contributed by atoms with Gasteiger partial charge in [0.25, 0.3) is 0 Å². The van der Waals surface area contributed by atoms with Gasteiger partial charge >= 0.3 is 0 Å². The number of amides is 1. The van der Waals surface area contributed by atoms with E-state index in [1.165, 1.54) is 11.5 Å². The molecule has 1 heterocycles.